The fraction of sp³-hybridized carbons (Fsp3) is 0.353. The molecule has 1 aliphatic heterocycles. The summed E-state index contributed by atoms with van der Waals surface area (Å²) in [5.74, 6) is -0.650. The van der Waals surface area contributed by atoms with Gasteiger partial charge >= 0.3 is 0 Å². The summed E-state index contributed by atoms with van der Waals surface area (Å²) in [4.78, 5) is 12.3. The smallest absolute Gasteiger partial charge is 0.252 e. The van der Waals surface area contributed by atoms with Gasteiger partial charge in [0.2, 0.25) is 5.91 Å². The van der Waals surface area contributed by atoms with Crippen molar-refractivity contribution >= 4 is 33.0 Å². The van der Waals surface area contributed by atoms with Crippen molar-refractivity contribution in [3.63, 3.8) is 0 Å². The standard InChI is InChI=1S/C17H19FN2O3S2/c18-13-6-8-14(9-7-13)19-16(21)12-15-4-1-2-10-20(15)25(22,23)17-5-3-11-24-17/h3,5-9,11,15H,1-2,4,10,12H2,(H,19,21)/t15-/m1/s1. The van der Waals surface area contributed by atoms with Crippen LogP contribution in [0.4, 0.5) is 10.1 Å². The first-order valence-electron chi connectivity index (χ1n) is 8.07. The maximum absolute atomic E-state index is 12.9. The van der Waals surface area contributed by atoms with Gasteiger partial charge in [0.05, 0.1) is 0 Å². The highest BCUT2D eigenvalue weighted by Crippen LogP contribution is 2.29. The molecule has 25 heavy (non-hydrogen) atoms. The number of sulfonamides is 1. The number of carbonyl (C=O) groups excluding carboxylic acids is 1. The molecule has 1 atom stereocenters. The Hall–Kier alpha value is -1.77. The van der Waals surface area contributed by atoms with E-state index in [2.05, 4.69) is 5.32 Å². The van der Waals surface area contributed by atoms with Gasteiger partial charge in [-0.25, -0.2) is 12.8 Å². The predicted molar refractivity (Wildman–Crippen MR) is 95.5 cm³/mol. The lowest BCUT2D eigenvalue weighted by molar-refractivity contribution is -0.117. The van der Waals surface area contributed by atoms with Gasteiger partial charge in [-0.1, -0.05) is 12.5 Å². The Bertz CT molecular complexity index is 820. The van der Waals surface area contributed by atoms with Crippen molar-refractivity contribution in [1.82, 2.24) is 4.31 Å². The van der Waals surface area contributed by atoms with Crippen LogP contribution in [-0.2, 0) is 14.8 Å². The molecule has 8 heteroatoms. The van der Waals surface area contributed by atoms with E-state index in [-0.39, 0.29) is 24.2 Å². The van der Waals surface area contributed by atoms with E-state index < -0.39 is 10.0 Å². The summed E-state index contributed by atoms with van der Waals surface area (Å²) in [5.41, 5.74) is 0.495. The fourth-order valence-corrected chi connectivity index (χ4v) is 5.79. The molecule has 2 heterocycles. The number of rotatable bonds is 5. The Morgan fingerprint density at radius 1 is 1.24 bits per heavy atom. The summed E-state index contributed by atoms with van der Waals surface area (Å²) in [6.45, 7) is 0.425. The third kappa shape index (κ3) is 4.26. The molecule has 134 valence electrons. The fourth-order valence-electron chi connectivity index (χ4n) is 2.98. The highest BCUT2D eigenvalue weighted by molar-refractivity contribution is 7.91. The van der Waals surface area contributed by atoms with Crippen molar-refractivity contribution in [2.45, 2.75) is 35.9 Å². The number of nitrogens with zero attached hydrogens (tertiary/aromatic N) is 1. The number of halogens is 1. The molecule has 1 aliphatic rings. The van der Waals surface area contributed by atoms with Crippen LogP contribution in [0.5, 0.6) is 0 Å². The van der Waals surface area contributed by atoms with Crippen molar-refractivity contribution < 1.29 is 17.6 Å². The van der Waals surface area contributed by atoms with Gasteiger partial charge in [-0.2, -0.15) is 4.31 Å². The van der Waals surface area contributed by atoms with Gasteiger partial charge in [-0.05, 0) is 48.6 Å². The van der Waals surface area contributed by atoms with Crippen LogP contribution in [0.15, 0.2) is 46.0 Å². The average Bonchev–Trinajstić information content (AvgIpc) is 3.13. The molecule has 0 radical (unpaired) electrons. The van der Waals surface area contributed by atoms with Gasteiger partial charge in [0, 0.05) is 24.7 Å². The summed E-state index contributed by atoms with van der Waals surface area (Å²) in [5, 5.41) is 4.43. The minimum absolute atomic E-state index is 0.0853. The van der Waals surface area contributed by atoms with Crippen molar-refractivity contribution in [2.24, 2.45) is 0 Å². The number of hydrogen-bond donors (Lipinski definition) is 1. The molecule has 3 rings (SSSR count). The van der Waals surface area contributed by atoms with Crippen LogP contribution in [-0.4, -0.2) is 31.2 Å². The zero-order valence-electron chi connectivity index (χ0n) is 13.5. The van der Waals surface area contributed by atoms with Crippen molar-refractivity contribution in [2.75, 3.05) is 11.9 Å². The van der Waals surface area contributed by atoms with Gasteiger partial charge in [-0.3, -0.25) is 4.79 Å². The number of piperidine rings is 1. The minimum atomic E-state index is -3.57. The molecule has 1 aromatic heterocycles. The van der Waals surface area contributed by atoms with Gasteiger partial charge in [0.1, 0.15) is 10.0 Å². The van der Waals surface area contributed by atoms with Crippen LogP contribution >= 0.6 is 11.3 Å². The third-order valence-corrected chi connectivity index (χ3v) is 7.51. The molecule has 1 amide bonds. The topological polar surface area (TPSA) is 66.5 Å². The first kappa shape index (κ1) is 18.0. The summed E-state index contributed by atoms with van der Waals surface area (Å²) in [6.07, 6.45) is 2.43. The maximum Gasteiger partial charge on any atom is 0.252 e. The first-order valence-corrected chi connectivity index (χ1v) is 10.4. The van der Waals surface area contributed by atoms with Gasteiger partial charge in [0.15, 0.2) is 0 Å². The molecule has 5 nitrogen and oxygen atoms in total. The lowest BCUT2D eigenvalue weighted by Gasteiger charge is -2.34. The lowest BCUT2D eigenvalue weighted by atomic mass is 10.0. The van der Waals surface area contributed by atoms with Gasteiger partial charge < -0.3 is 5.32 Å². The molecule has 2 aromatic rings. The van der Waals surface area contributed by atoms with Gasteiger partial charge in [0.25, 0.3) is 10.0 Å². The zero-order chi connectivity index (χ0) is 17.9. The average molecular weight is 382 g/mol. The molecule has 0 spiro atoms. The van der Waals surface area contributed by atoms with Crippen molar-refractivity contribution in [3.05, 3.63) is 47.6 Å². The quantitative estimate of drug-likeness (QED) is 0.861. The summed E-state index contributed by atoms with van der Waals surface area (Å²) >= 11 is 1.18. The van der Waals surface area contributed by atoms with Crippen LogP contribution < -0.4 is 5.32 Å². The van der Waals surface area contributed by atoms with Crippen molar-refractivity contribution in [3.8, 4) is 0 Å². The molecule has 0 bridgehead atoms. The number of nitrogens with one attached hydrogen (secondary N) is 1. The van der Waals surface area contributed by atoms with E-state index in [0.717, 1.165) is 12.8 Å². The van der Waals surface area contributed by atoms with E-state index in [4.69, 9.17) is 0 Å². The van der Waals surface area contributed by atoms with Crippen LogP contribution in [0.1, 0.15) is 25.7 Å². The van der Waals surface area contributed by atoms with E-state index in [1.54, 1.807) is 17.5 Å². The molecule has 0 aliphatic carbocycles. The normalized spacial score (nSPS) is 18.8. The first-order chi connectivity index (χ1) is 12.0. The number of benzene rings is 1. The Labute approximate surface area is 150 Å². The van der Waals surface area contributed by atoms with Crippen LogP contribution in [0.25, 0.3) is 0 Å². The molecule has 0 unspecified atom stereocenters. The number of hydrogen-bond acceptors (Lipinski definition) is 4. The Morgan fingerprint density at radius 2 is 2.00 bits per heavy atom. The molecule has 0 saturated carbocycles. The number of anilines is 1. The molecule has 1 aromatic carbocycles. The lowest BCUT2D eigenvalue weighted by Crippen LogP contribution is -2.45. The van der Waals surface area contributed by atoms with E-state index in [9.17, 15) is 17.6 Å². The second kappa shape index (κ2) is 7.63. The van der Waals surface area contributed by atoms with Crippen LogP contribution in [0, 0.1) is 5.82 Å². The molecular formula is C17H19FN2O3S2. The molecule has 1 saturated heterocycles. The number of thiophene rings is 1. The molecule has 1 N–H and O–H groups in total. The van der Waals surface area contributed by atoms with E-state index in [1.165, 1.54) is 39.9 Å². The van der Waals surface area contributed by atoms with Crippen LogP contribution in [0.3, 0.4) is 0 Å². The number of carbonyl (C=O) groups is 1. The van der Waals surface area contributed by atoms with Gasteiger partial charge in [-0.15, -0.1) is 11.3 Å². The van der Waals surface area contributed by atoms with E-state index in [0.29, 0.717) is 22.9 Å². The second-order valence-electron chi connectivity index (χ2n) is 5.96. The predicted octanol–water partition coefficient (Wildman–Crippen LogP) is 3.46. The van der Waals surface area contributed by atoms with E-state index >= 15 is 0 Å². The Kier molecular flexibility index (Phi) is 5.51. The SMILES string of the molecule is O=C(C[C@H]1CCCCN1S(=O)(=O)c1cccs1)Nc1ccc(F)cc1. The highest BCUT2D eigenvalue weighted by atomic mass is 32.2. The monoisotopic (exact) mass is 382 g/mol. The van der Waals surface area contributed by atoms with Crippen molar-refractivity contribution in [1.29, 1.82) is 0 Å². The maximum atomic E-state index is 12.9. The summed E-state index contributed by atoms with van der Waals surface area (Å²) in [7, 11) is -3.57. The zero-order valence-corrected chi connectivity index (χ0v) is 15.2. The third-order valence-electron chi connectivity index (χ3n) is 4.18. The minimum Gasteiger partial charge on any atom is -0.326 e. The van der Waals surface area contributed by atoms with E-state index in [1.807, 2.05) is 0 Å². The summed E-state index contributed by atoms with van der Waals surface area (Å²) in [6, 6.07) is 8.43. The number of amides is 1. The van der Waals surface area contributed by atoms with Crippen LogP contribution in [0.2, 0.25) is 0 Å². The highest BCUT2D eigenvalue weighted by Gasteiger charge is 2.35. The molecular weight excluding hydrogens is 363 g/mol. The molecule has 1 fully saturated rings. The Morgan fingerprint density at radius 3 is 2.68 bits per heavy atom. The largest absolute Gasteiger partial charge is 0.326 e. The second-order valence-corrected chi connectivity index (χ2v) is 9.02. The Balaban J connectivity index is 1.71. The summed E-state index contributed by atoms with van der Waals surface area (Å²) < 4.78 is 40.3.